The van der Waals surface area contributed by atoms with Crippen LogP contribution in [0.25, 0.3) is 0 Å². The maximum Gasteiger partial charge on any atom is 0.259 e. The van der Waals surface area contributed by atoms with E-state index in [0.717, 1.165) is 32.5 Å². The van der Waals surface area contributed by atoms with E-state index in [1.165, 1.54) is 0 Å². The number of carbonyl (C=O) groups excluding carboxylic acids is 2. The lowest BCUT2D eigenvalue weighted by Gasteiger charge is -2.18. The molecular formula is C24H22N2O3S. The molecular weight excluding hydrogens is 396 g/mol. The fourth-order valence-electron chi connectivity index (χ4n) is 3.37. The van der Waals surface area contributed by atoms with Crippen molar-refractivity contribution in [2.24, 2.45) is 0 Å². The summed E-state index contributed by atoms with van der Waals surface area (Å²) in [7, 11) is 3.41. The van der Waals surface area contributed by atoms with Crippen molar-refractivity contribution >= 4 is 35.0 Å². The number of fused-ring (bicyclic) bond motifs is 2. The summed E-state index contributed by atoms with van der Waals surface area (Å²) in [6.45, 7) is 0. The van der Waals surface area contributed by atoms with Crippen molar-refractivity contribution in [2.45, 2.75) is 22.6 Å². The molecule has 5 nitrogen and oxygen atoms in total. The third-order valence-corrected chi connectivity index (χ3v) is 6.17. The Morgan fingerprint density at radius 2 is 1.80 bits per heavy atom. The zero-order valence-corrected chi connectivity index (χ0v) is 17.7. The molecule has 1 aliphatic rings. The molecule has 0 radical (unpaired) electrons. The predicted octanol–water partition coefficient (Wildman–Crippen LogP) is 5.01. The van der Waals surface area contributed by atoms with Gasteiger partial charge in [0.2, 0.25) is 5.91 Å². The highest BCUT2D eigenvalue weighted by molar-refractivity contribution is 7.99. The van der Waals surface area contributed by atoms with E-state index >= 15 is 0 Å². The number of nitrogens with zero attached hydrogens (tertiary/aromatic N) is 1. The molecule has 0 atom stereocenters. The number of methoxy groups -OCH3 is 1. The quantitative estimate of drug-likeness (QED) is 0.633. The first-order valence-electron chi connectivity index (χ1n) is 9.67. The molecule has 0 aromatic heterocycles. The number of nitrogens with one attached hydrogen (secondary N) is 1. The lowest BCUT2D eigenvalue weighted by molar-refractivity contribution is -0.116. The monoisotopic (exact) mass is 418 g/mol. The van der Waals surface area contributed by atoms with Crippen LogP contribution in [0.1, 0.15) is 22.3 Å². The fourth-order valence-corrected chi connectivity index (χ4v) is 4.51. The van der Waals surface area contributed by atoms with Crippen LogP contribution in [0, 0.1) is 0 Å². The van der Waals surface area contributed by atoms with Crippen LogP contribution in [-0.4, -0.2) is 26.0 Å². The van der Waals surface area contributed by atoms with Crippen molar-refractivity contribution < 1.29 is 14.3 Å². The van der Waals surface area contributed by atoms with E-state index < -0.39 is 0 Å². The SMILES string of the molecule is COc1ccc(CCC(=O)Nc2ccc3c(c2)Sc2ccccc2C(=O)N3C)cc1. The van der Waals surface area contributed by atoms with E-state index in [1.54, 1.807) is 30.8 Å². The number of anilines is 2. The maximum atomic E-state index is 12.8. The van der Waals surface area contributed by atoms with Gasteiger partial charge in [-0.05, 0) is 54.4 Å². The Hall–Kier alpha value is -3.25. The Morgan fingerprint density at radius 1 is 1.03 bits per heavy atom. The van der Waals surface area contributed by atoms with Crippen LogP contribution in [0.15, 0.2) is 76.5 Å². The minimum absolute atomic E-state index is 0.0341. The molecule has 0 spiro atoms. The van der Waals surface area contributed by atoms with Gasteiger partial charge in [0, 0.05) is 28.9 Å². The summed E-state index contributed by atoms with van der Waals surface area (Å²) in [5.41, 5.74) is 3.32. The molecule has 0 bridgehead atoms. The van der Waals surface area contributed by atoms with Gasteiger partial charge in [-0.25, -0.2) is 0 Å². The van der Waals surface area contributed by atoms with E-state index in [2.05, 4.69) is 5.32 Å². The minimum atomic E-state index is -0.0470. The van der Waals surface area contributed by atoms with E-state index in [9.17, 15) is 9.59 Å². The van der Waals surface area contributed by atoms with E-state index in [1.807, 2.05) is 66.7 Å². The zero-order chi connectivity index (χ0) is 21.1. The summed E-state index contributed by atoms with van der Waals surface area (Å²) in [4.78, 5) is 28.7. The summed E-state index contributed by atoms with van der Waals surface area (Å²) in [6, 6.07) is 21.0. The molecule has 0 fully saturated rings. The Morgan fingerprint density at radius 3 is 2.57 bits per heavy atom. The van der Waals surface area contributed by atoms with Gasteiger partial charge in [0.25, 0.3) is 5.91 Å². The van der Waals surface area contributed by atoms with Crippen molar-refractivity contribution in [3.63, 3.8) is 0 Å². The first-order chi connectivity index (χ1) is 14.5. The lowest BCUT2D eigenvalue weighted by Crippen LogP contribution is -2.26. The summed E-state index contributed by atoms with van der Waals surface area (Å²) in [6.07, 6.45) is 1.04. The summed E-state index contributed by atoms with van der Waals surface area (Å²) in [5, 5.41) is 2.97. The van der Waals surface area contributed by atoms with Crippen LogP contribution in [0.4, 0.5) is 11.4 Å². The standard InChI is InChI=1S/C24H22N2O3S/c1-26-20-13-10-17(15-22(20)30-21-6-4-3-5-19(21)24(26)28)25-23(27)14-9-16-7-11-18(29-2)12-8-16/h3-8,10-13,15H,9,14H2,1-2H3,(H,25,27). The number of amides is 2. The summed E-state index contributed by atoms with van der Waals surface area (Å²) >= 11 is 1.54. The molecule has 0 saturated carbocycles. The normalized spacial score (nSPS) is 12.6. The predicted molar refractivity (Wildman–Crippen MR) is 120 cm³/mol. The van der Waals surface area contributed by atoms with Gasteiger partial charge < -0.3 is 15.0 Å². The van der Waals surface area contributed by atoms with Gasteiger partial charge in [-0.2, -0.15) is 0 Å². The molecule has 1 heterocycles. The van der Waals surface area contributed by atoms with Gasteiger partial charge in [0.1, 0.15) is 5.75 Å². The third-order valence-electron chi connectivity index (χ3n) is 5.05. The smallest absolute Gasteiger partial charge is 0.259 e. The van der Waals surface area contributed by atoms with Crippen LogP contribution < -0.4 is 15.0 Å². The highest BCUT2D eigenvalue weighted by Crippen LogP contribution is 2.41. The number of rotatable bonds is 5. The Labute approximate surface area is 180 Å². The second-order valence-electron chi connectivity index (χ2n) is 7.04. The summed E-state index contributed by atoms with van der Waals surface area (Å²) in [5.74, 6) is 0.720. The Balaban J connectivity index is 1.47. The van der Waals surface area contributed by atoms with Crippen LogP contribution in [0.2, 0.25) is 0 Å². The number of carbonyl (C=O) groups is 2. The molecule has 2 amide bonds. The van der Waals surface area contributed by atoms with Gasteiger partial charge in [-0.15, -0.1) is 0 Å². The first kappa shape index (κ1) is 20.0. The summed E-state index contributed by atoms with van der Waals surface area (Å²) < 4.78 is 5.16. The molecule has 1 N–H and O–H groups in total. The minimum Gasteiger partial charge on any atom is -0.497 e. The zero-order valence-electron chi connectivity index (χ0n) is 16.8. The third kappa shape index (κ3) is 4.19. The topological polar surface area (TPSA) is 58.6 Å². The van der Waals surface area contributed by atoms with Crippen LogP contribution in [0.3, 0.4) is 0 Å². The molecule has 3 aromatic rings. The second-order valence-corrected chi connectivity index (χ2v) is 8.12. The van der Waals surface area contributed by atoms with Gasteiger partial charge in [0.15, 0.2) is 0 Å². The lowest BCUT2D eigenvalue weighted by atomic mass is 10.1. The number of hydrogen-bond donors (Lipinski definition) is 1. The maximum absolute atomic E-state index is 12.8. The van der Waals surface area contributed by atoms with Crippen LogP contribution in [0.5, 0.6) is 5.75 Å². The fraction of sp³-hybridized carbons (Fsp3) is 0.167. The van der Waals surface area contributed by atoms with Crippen LogP contribution in [-0.2, 0) is 11.2 Å². The second kappa shape index (κ2) is 8.63. The van der Waals surface area contributed by atoms with Gasteiger partial charge in [0.05, 0.1) is 18.4 Å². The molecule has 1 aliphatic heterocycles. The van der Waals surface area contributed by atoms with Crippen molar-refractivity contribution in [1.82, 2.24) is 0 Å². The molecule has 152 valence electrons. The van der Waals surface area contributed by atoms with Crippen molar-refractivity contribution in [1.29, 1.82) is 0 Å². The number of aryl methyl sites for hydroxylation is 1. The van der Waals surface area contributed by atoms with Crippen LogP contribution >= 0.6 is 11.8 Å². The average molecular weight is 419 g/mol. The molecule has 0 aliphatic carbocycles. The van der Waals surface area contributed by atoms with E-state index in [0.29, 0.717) is 18.4 Å². The molecule has 30 heavy (non-hydrogen) atoms. The average Bonchev–Trinajstić information content (AvgIpc) is 2.87. The molecule has 6 heteroatoms. The molecule has 3 aromatic carbocycles. The largest absolute Gasteiger partial charge is 0.497 e. The Kier molecular flexibility index (Phi) is 5.77. The van der Waals surface area contributed by atoms with Gasteiger partial charge >= 0.3 is 0 Å². The highest BCUT2D eigenvalue weighted by atomic mass is 32.2. The number of benzene rings is 3. The highest BCUT2D eigenvalue weighted by Gasteiger charge is 2.24. The van der Waals surface area contributed by atoms with Crippen molar-refractivity contribution in [3.8, 4) is 5.75 Å². The van der Waals surface area contributed by atoms with E-state index in [4.69, 9.17) is 4.74 Å². The molecule has 0 unspecified atom stereocenters. The number of hydrogen-bond acceptors (Lipinski definition) is 4. The van der Waals surface area contributed by atoms with Gasteiger partial charge in [-0.3, -0.25) is 9.59 Å². The van der Waals surface area contributed by atoms with Gasteiger partial charge in [-0.1, -0.05) is 36.0 Å². The Bertz CT molecular complexity index is 1100. The number of ether oxygens (including phenoxy) is 1. The van der Waals surface area contributed by atoms with Crippen molar-refractivity contribution in [2.75, 3.05) is 24.4 Å². The van der Waals surface area contributed by atoms with E-state index in [-0.39, 0.29) is 11.8 Å². The first-order valence-corrected chi connectivity index (χ1v) is 10.5. The molecule has 0 saturated heterocycles. The molecule has 4 rings (SSSR count). The van der Waals surface area contributed by atoms with Crippen molar-refractivity contribution in [3.05, 3.63) is 77.9 Å².